The monoisotopic (exact) mass is 471 g/mol. The lowest BCUT2D eigenvalue weighted by Gasteiger charge is -2.15. The molecule has 0 aliphatic carbocycles. The number of ketones is 1. The van der Waals surface area contributed by atoms with Gasteiger partial charge in [-0.05, 0) is 28.5 Å². The third-order valence-corrected chi connectivity index (χ3v) is 7.54. The molecule has 4 aromatic rings. The van der Waals surface area contributed by atoms with E-state index in [-0.39, 0.29) is 23.1 Å². The molecule has 0 fully saturated rings. The predicted molar refractivity (Wildman–Crippen MR) is 122 cm³/mol. The number of Topliss-reactive ketones (excluding diaryl/α,β-unsaturated/α-hetero) is 1. The Morgan fingerprint density at radius 2 is 1.87 bits per heavy atom. The number of nitrogens with two attached hydrogens (primary N) is 1. The molecule has 8 nitrogen and oxygen atoms in total. The highest BCUT2D eigenvalue weighted by atomic mass is 32.2. The number of hydrogen-bond acceptors (Lipinski definition) is 9. The lowest BCUT2D eigenvalue weighted by molar-refractivity contribution is -0.384. The first-order valence-electron chi connectivity index (χ1n) is 9.20. The van der Waals surface area contributed by atoms with Gasteiger partial charge < -0.3 is 5.84 Å². The number of nitrogen functional groups attached to an aromatic ring is 1. The average Bonchev–Trinajstić information content (AvgIpc) is 3.53. The zero-order chi connectivity index (χ0) is 21.8. The molecule has 0 radical (unpaired) electrons. The van der Waals surface area contributed by atoms with Crippen LogP contribution in [-0.2, 0) is 6.42 Å². The number of hydrogen-bond donors (Lipinski definition) is 1. The highest BCUT2D eigenvalue weighted by Gasteiger charge is 2.23. The minimum Gasteiger partial charge on any atom is -0.336 e. The summed E-state index contributed by atoms with van der Waals surface area (Å²) in [6.07, 6.45) is 0.772. The van der Waals surface area contributed by atoms with Gasteiger partial charge in [0.2, 0.25) is 5.16 Å². The molecule has 0 bridgehead atoms. The van der Waals surface area contributed by atoms with Gasteiger partial charge in [-0.1, -0.05) is 36.0 Å². The van der Waals surface area contributed by atoms with Crippen LogP contribution in [0.25, 0.3) is 0 Å². The molecule has 158 valence electrons. The van der Waals surface area contributed by atoms with Crippen LogP contribution in [0.1, 0.15) is 37.6 Å². The van der Waals surface area contributed by atoms with Crippen LogP contribution >= 0.6 is 34.4 Å². The van der Waals surface area contributed by atoms with Crippen molar-refractivity contribution in [1.82, 2.24) is 14.9 Å². The summed E-state index contributed by atoms with van der Waals surface area (Å²) < 4.78 is 1.44. The number of rotatable bonds is 9. The van der Waals surface area contributed by atoms with Gasteiger partial charge in [-0.15, -0.1) is 32.9 Å². The van der Waals surface area contributed by atoms with Crippen molar-refractivity contribution >= 4 is 45.9 Å². The zero-order valence-electron chi connectivity index (χ0n) is 16.1. The lowest BCUT2D eigenvalue weighted by Crippen LogP contribution is -2.15. The Morgan fingerprint density at radius 3 is 2.52 bits per heavy atom. The van der Waals surface area contributed by atoms with Crippen molar-refractivity contribution in [2.75, 3.05) is 5.84 Å². The highest BCUT2D eigenvalue weighted by molar-refractivity contribution is 7.99. The number of carbonyl (C=O) groups excluding carboxylic acids is 1. The number of nitrogens with zero attached hydrogens (tertiary/aromatic N) is 4. The second-order valence-electron chi connectivity index (χ2n) is 6.58. The van der Waals surface area contributed by atoms with Gasteiger partial charge in [0.25, 0.3) is 5.69 Å². The first-order chi connectivity index (χ1) is 15.0. The number of benzene rings is 1. The summed E-state index contributed by atoms with van der Waals surface area (Å²) >= 11 is 4.32. The molecule has 2 N–H and O–H groups in total. The summed E-state index contributed by atoms with van der Waals surface area (Å²) in [4.78, 5) is 25.1. The number of nitro groups is 1. The van der Waals surface area contributed by atoms with Gasteiger partial charge in [0.1, 0.15) is 0 Å². The molecule has 0 aliphatic heterocycles. The SMILES string of the molecule is Nn1c(Cc2cccs2)nnc1SC(CC(=O)c1cccs1)c1ccc([N+](=O)[O-])cc1. The van der Waals surface area contributed by atoms with E-state index in [1.807, 2.05) is 29.0 Å². The fraction of sp³-hybridized carbons (Fsp3) is 0.150. The van der Waals surface area contributed by atoms with Crippen molar-refractivity contribution < 1.29 is 9.72 Å². The summed E-state index contributed by atoms with van der Waals surface area (Å²) in [5, 5.41) is 23.4. The standard InChI is InChI=1S/C20H17N5O3S3/c21-24-19(11-15-3-1-9-29-15)22-23-20(24)31-18(12-16(26)17-4-2-10-30-17)13-5-7-14(8-6-13)25(27)28/h1-10,18H,11-12,21H2. The summed E-state index contributed by atoms with van der Waals surface area (Å²) in [5.41, 5.74) is 0.778. The molecule has 0 spiro atoms. The molecule has 0 saturated carbocycles. The third-order valence-electron chi connectivity index (χ3n) is 4.54. The number of non-ortho nitro benzene ring substituents is 1. The minimum absolute atomic E-state index is 0.00249. The van der Waals surface area contributed by atoms with Crippen LogP contribution < -0.4 is 5.84 Å². The Bertz CT molecular complexity index is 1170. The van der Waals surface area contributed by atoms with Gasteiger partial charge in [0.15, 0.2) is 11.6 Å². The molecule has 1 aromatic carbocycles. The maximum absolute atomic E-state index is 12.8. The second kappa shape index (κ2) is 9.41. The Labute approximate surface area is 189 Å². The fourth-order valence-corrected chi connectivity index (χ4v) is 5.42. The normalized spacial score (nSPS) is 12.0. The van der Waals surface area contributed by atoms with E-state index in [0.29, 0.717) is 22.3 Å². The first kappa shape index (κ1) is 21.2. The molecule has 4 rings (SSSR count). The van der Waals surface area contributed by atoms with Crippen LogP contribution in [0.3, 0.4) is 0 Å². The number of carbonyl (C=O) groups is 1. The molecular weight excluding hydrogens is 454 g/mol. The minimum atomic E-state index is -0.448. The Kier molecular flexibility index (Phi) is 6.44. The molecule has 3 aromatic heterocycles. The molecule has 1 unspecified atom stereocenters. The van der Waals surface area contributed by atoms with Crippen molar-refractivity contribution in [3.8, 4) is 0 Å². The number of nitro benzene ring substituents is 1. The van der Waals surface area contributed by atoms with Gasteiger partial charge >= 0.3 is 0 Å². The lowest BCUT2D eigenvalue weighted by atomic mass is 10.1. The molecule has 0 saturated heterocycles. The van der Waals surface area contributed by atoms with Gasteiger partial charge in [-0.3, -0.25) is 14.9 Å². The van der Waals surface area contributed by atoms with Gasteiger partial charge in [-0.2, -0.15) is 0 Å². The topological polar surface area (TPSA) is 117 Å². The van der Waals surface area contributed by atoms with E-state index < -0.39 is 4.92 Å². The first-order valence-corrected chi connectivity index (χ1v) is 11.8. The summed E-state index contributed by atoms with van der Waals surface area (Å²) in [6, 6.07) is 13.8. The van der Waals surface area contributed by atoms with Crippen molar-refractivity contribution in [3.05, 3.63) is 90.5 Å². The predicted octanol–water partition coefficient (Wildman–Crippen LogP) is 4.72. The molecule has 11 heteroatoms. The zero-order valence-corrected chi connectivity index (χ0v) is 18.5. The van der Waals surface area contributed by atoms with Gasteiger partial charge in [-0.25, -0.2) is 4.68 Å². The van der Waals surface area contributed by atoms with Crippen LogP contribution in [0, 0.1) is 10.1 Å². The van der Waals surface area contributed by atoms with Gasteiger partial charge in [0, 0.05) is 35.1 Å². The van der Waals surface area contributed by atoms with E-state index in [4.69, 9.17) is 5.84 Å². The van der Waals surface area contributed by atoms with Crippen molar-refractivity contribution in [1.29, 1.82) is 0 Å². The highest BCUT2D eigenvalue weighted by Crippen LogP contribution is 2.38. The van der Waals surface area contributed by atoms with E-state index in [1.54, 1.807) is 29.5 Å². The maximum atomic E-state index is 12.8. The van der Waals surface area contributed by atoms with Crippen LogP contribution in [0.15, 0.2) is 64.4 Å². The van der Waals surface area contributed by atoms with Crippen LogP contribution in [-0.4, -0.2) is 25.6 Å². The van der Waals surface area contributed by atoms with Crippen LogP contribution in [0.5, 0.6) is 0 Å². The Morgan fingerprint density at radius 1 is 1.13 bits per heavy atom. The largest absolute Gasteiger partial charge is 0.336 e. The quantitative estimate of drug-likeness (QED) is 0.123. The molecule has 31 heavy (non-hydrogen) atoms. The number of thioether (sulfide) groups is 1. The summed E-state index contributed by atoms with van der Waals surface area (Å²) in [7, 11) is 0. The van der Waals surface area contributed by atoms with E-state index >= 15 is 0 Å². The summed E-state index contributed by atoms with van der Waals surface area (Å²) in [6.45, 7) is 0. The second-order valence-corrected chi connectivity index (χ2v) is 9.73. The third kappa shape index (κ3) is 5.01. The van der Waals surface area contributed by atoms with Crippen molar-refractivity contribution in [2.24, 2.45) is 0 Å². The van der Waals surface area contributed by atoms with Crippen LogP contribution in [0.4, 0.5) is 5.69 Å². The maximum Gasteiger partial charge on any atom is 0.269 e. The van der Waals surface area contributed by atoms with E-state index in [9.17, 15) is 14.9 Å². The molecule has 0 amide bonds. The molecule has 0 aliphatic rings. The molecule has 1 atom stereocenters. The van der Waals surface area contributed by atoms with Gasteiger partial charge in [0.05, 0.1) is 9.80 Å². The van der Waals surface area contributed by atoms with Crippen LogP contribution in [0.2, 0.25) is 0 Å². The summed E-state index contributed by atoms with van der Waals surface area (Å²) in [5.74, 6) is 6.85. The smallest absolute Gasteiger partial charge is 0.269 e. The Balaban J connectivity index is 1.59. The van der Waals surface area contributed by atoms with Crippen molar-refractivity contribution in [3.63, 3.8) is 0 Å². The molecule has 3 heterocycles. The van der Waals surface area contributed by atoms with Crippen molar-refractivity contribution in [2.45, 2.75) is 23.2 Å². The molecular formula is C20H17N5O3S3. The number of thiophene rings is 2. The average molecular weight is 472 g/mol. The van der Waals surface area contributed by atoms with E-state index in [2.05, 4.69) is 10.2 Å². The Hall–Kier alpha value is -3.02. The fourth-order valence-electron chi connectivity index (χ4n) is 2.95. The van der Waals surface area contributed by atoms with E-state index in [1.165, 1.54) is 39.9 Å². The number of aromatic nitrogens is 3. The van der Waals surface area contributed by atoms with E-state index in [0.717, 1.165) is 10.4 Å².